The van der Waals surface area contributed by atoms with Crippen molar-refractivity contribution in [1.82, 2.24) is 0 Å². The summed E-state index contributed by atoms with van der Waals surface area (Å²) in [6.45, 7) is 16.1. The van der Waals surface area contributed by atoms with Gasteiger partial charge >= 0.3 is 0 Å². The highest BCUT2D eigenvalue weighted by Gasteiger charge is 2.40. The highest BCUT2D eigenvalue weighted by molar-refractivity contribution is 7.26. The van der Waals surface area contributed by atoms with E-state index < -0.39 is 15.5 Å². The molecule has 0 aliphatic rings. The van der Waals surface area contributed by atoms with Gasteiger partial charge in [-0.25, -0.2) is 0 Å². The van der Waals surface area contributed by atoms with Crippen LogP contribution in [0, 0.1) is 0 Å². The number of halogens is 1. The van der Waals surface area contributed by atoms with Gasteiger partial charge in [-0.2, -0.15) is 11.1 Å². The smallest absolute Gasteiger partial charge is 0.185 e. The van der Waals surface area contributed by atoms with Gasteiger partial charge in [0, 0.05) is 0 Å². The van der Waals surface area contributed by atoms with Crippen LogP contribution < -0.4 is 15.1 Å². The molecule has 0 heterocycles. The fourth-order valence-corrected chi connectivity index (χ4v) is 6.09. The van der Waals surface area contributed by atoms with Crippen LogP contribution in [-0.4, -0.2) is 22.6 Å². The molecule has 0 atom stereocenters. The van der Waals surface area contributed by atoms with E-state index in [-0.39, 0.29) is 5.04 Å². The van der Waals surface area contributed by atoms with Gasteiger partial charge in [-0.15, -0.1) is 0 Å². The summed E-state index contributed by atoms with van der Waals surface area (Å²) in [5.41, 5.74) is 0. The fourth-order valence-electron chi connectivity index (χ4n) is 2.12. The van der Waals surface area contributed by atoms with E-state index in [1.807, 2.05) is 0 Å². The first-order chi connectivity index (χ1) is 8.43. The van der Waals surface area contributed by atoms with Gasteiger partial charge in [0.1, 0.15) is 5.75 Å². The van der Waals surface area contributed by atoms with E-state index in [1.54, 1.807) is 7.11 Å². The Balaban J connectivity index is 3.55. The first-order valence-corrected chi connectivity index (χ1v) is 13.8. The molecule has 0 unspecified atom stereocenters. The second-order valence-electron chi connectivity index (χ2n) is 7.23. The van der Waals surface area contributed by atoms with Crippen molar-refractivity contribution in [3.05, 3.63) is 18.2 Å². The van der Waals surface area contributed by atoms with E-state index in [0.29, 0.717) is 0 Å². The van der Waals surface area contributed by atoms with Gasteiger partial charge < -0.3 is 4.74 Å². The van der Waals surface area contributed by atoms with E-state index in [1.165, 1.54) is 10.4 Å². The second kappa shape index (κ2) is 5.26. The lowest BCUT2D eigenvalue weighted by Crippen LogP contribution is -2.52. The summed E-state index contributed by atoms with van der Waals surface area (Å²) in [4.78, 5) is 0. The van der Waals surface area contributed by atoms with Crippen molar-refractivity contribution in [3.63, 3.8) is 0 Å². The first-order valence-electron chi connectivity index (χ1n) is 6.80. The van der Waals surface area contributed by atoms with E-state index in [0.717, 1.165) is 5.75 Å². The number of hydrogen-bond acceptors (Lipinski definition) is 1. The van der Waals surface area contributed by atoms with E-state index >= 15 is 0 Å². The van der Waals surface area contributed by atoms with E-state index in [2.05, 4.69) is 65.2 Å². The Hall–Kier alpha value is -0.256. The first kappa shape index (κ1) is 16.8. The second-order valence-corrected chi connectivity index (χ2v) is 18.8. The average molecular weight is 315 g/mol. The van der Waals surface area contributed by atoms with E-state index in [4.69, 9.17) is 15.8 Å². The Bertz CT molecular complexity index is 456. The Morgan fingerprint density at radius 2 is 1.47 bits per heavy atom. The SMILES string of the molecule is COc1c([Si](C)(C)Cl)cccc1[Si](C)(C)C(C)(C)C. The molecule has 0 saturated heterocycles. The fraction of sp³-hybridized carbons (Fsp3) is 0.600. The molecule has 0 spiro atoms. The van der Waals surface area contributed by atoms with Crippen LogP contribution in [0.15, 0.2) is 18.2 Å². The molecule has 1 aromatic carbocycles. The highest BCUT2D eigenvalue weighted by Crippen LogP contribution is 2.37. The maximum absolute atomic E-state index is 6.65. The van der Waals surface area contributed by atoms with Gasteiger partial charge in [-0.05, 0) is 15.4 Å². The van der Waals surface area contributed by atoms with Crippen LogP contribution in [-0.2, 0) is 0 Å². The molecule has 1 aromatic rings. The third-order valence-electron chi connectivity index (χ3n) is 4.41. The van der Waals surface area contributed by atoms with Crippen molar-refractivity contribution in [3.8, 4) is 5.75 Å². The zero-order valence-electron chi connectivity index (χ0n) is 13.5. The molecule has 1 rings (SSSR count). The summed E-state index contributed by atoms with van der Waals surface area (Å²) in [6.07, 6.45) is 0. The molecule has 0 saturated carbocycles. The Morgan fingerprint density at radius 3 is 1.84 bits per heavy atom. The number of benzene rings is 1. The monoisotopic (exact) mass is 314 g/mol. The van der Waals surface area contributed by atoms with Crippen molar-refractivity contribution < 1.29 is 4.74 Å². The van der Waals surface area contributed by atoms with Crippen LogP contribution in [0.2, 0.25) is 31.2 Å². The molecule has 0 aliphatic carbocycles. The quantitative estimate of drug-likeness (QED) is 0.604. The lowest BCUT2D eigenvalue weighted by Gasteiger charge is -2.39. The molecule has 0 amide bonds. The summed E-state index contributed by atoms with van der Waals surface area (Å²) < 4.78 is 5.77. The molecule has 0 N–H and O–H groups in total. The van der Waals surface area contributed by atoms with Crippen molar-refractivity contribution in [2.24, 2.45) is 0 Å². The van der Waals surface area contributed by atoms with Gasteiger partial charge in [0.2, 0.25) is 0 Å². The highest BCUT2D eigenvalue weighted by atomic mass is 35.6. The van der Waals surface area contributed by atoms with Gasteiger partial charge in [0.05, 0.1) is 15.2 Å². The molecule has 108 valence electrons. The van der Waals surface area contributed by atoms with E-state index in [9.17, 15) is 0 Å². The number of rotatable bonds is 3. The molecular weight excluding hydrogens is 288 g/mol. The predicted molar refractivity (Wildman–Crippen MR) is 92.8 cm³/mol. The Labute approximate surface area is 125 Å². The van der Waals surface area contributed by atoms with Crippen molar-refractivity contribution in [2.45, 2.75) is 52.0 Å². The van der Waals surface area contributed by atoms with Crippen LogP contribution in [0.4, 0.5) is 0 Å². The van der Waals surface area contributed by atoms with Crippen LogP contribution in [0.1, 0.15) is 20.8 Å². The number of hydrogen-bond donors (Lipinski definition) is 0. The van der Waals surface area contributed by atoms with Crippen molar-refractivity contribution in [1.29, 1.82) is 0 Å². The zero-order chi connectivity index (χ0) is 15.1. The normalized spacial score (nSPS) is 13.5. The molecule has 0 radical (unpaired) electrons. The lowest BCUT2D eigenvalue weighted by atomic mass is 10.2. The summed E-state index contributed by atoms with van der Waals surface area (Å²) in [5, 5.41) is 2.90. The molecule has 0 fully saturated rings. The molecule has 19 heavy (non-hydrogen) atoms. The Kier molecular flexibility index (Phi) is 4.65. The molecule has 0 aliphatic heterocycles. The number of para-hydroxylation sites is 1. The van der Waals surface area contributed by atoms with Crippen LogP contribution in [0.3, 0.4) is 0 Å². The molecule has 0 bridgehead atoms. The molecule has 4 heteroatoms. The largest absolute Gasteiger partial charge is 0.497 e. The van der Waals surface area contributed by atoms with Crippen LogP contribution in [0.25, 0.3) is 0 Å². The third-order valence-corrected chi connectivity index (χ3v) is 12.2. The summed E-state index contributed by atoms with van der Waals surface area (Å²) >= 11 is 6.65. The zero-order valence-corrected chi connectivity index (χ0v) is 16.3. The standard InChI is InChI=1S/C15H27ClOSi2/c1-15(2,3)18(5,6)12-10-9-11-13(14(12)17-4)19(7,8)16/h9-11H,1-8H3. The minimum atomic E-state index is -1.90. The van der Waals surface area contributed by atoms with Crippen molar-refractivity contribution in [2.75, 3.05) is 7.11 Å². The van der Waals surface area contributed by atoms with Crippen LogP contribution in [0.5, 0.6) is 5.75 Å². The molecule has 1 nitrogen and oxygen atoms in total. The van der Waals surface area contributed by atoms with Gasteiger partial charge in [-0.3, -0.25) is 0 Å². The topological polar surface area (TPSA) is 9.23 Å². The van der Waals surface area contributed by atoms with Gasteiger partial charge in [0.15, 0.2) is 7.38 Å². The number of methoxy groups -OCH3 is 1. The van der Waals surface area contributed by atoms with Crippen LogP contribution >= 0.6 is 11.1 Å². The van der Waals surface area contributed by atoms with Gasteiger partial charge in [0.25, 0.3) is 0 Å². The molecule has 0 aromatic heterocycles. The summed E-state index contributed by atoms with van der Waals surface area (Å²) in [7, 11) is -1.75. The minimum absolute atomic E-state index is 0.289. The summed E-state index contributed by atoms with van der Waals surface area (Å²) in [6, 6.07) is 6.51. The maximum atomic E-state index is 6.65. The lowest BCUT2D eigenvalue weighted by molar-refractivity contribution is 0.420. The molecular formula is C15H27ClOSi2. The van der Waals surface area contributed by atoms with Gasteiger partial charge in [-0.1, -0.05) is 65.2 Å². The maximum Gasteiger partial charge on any atom is 0.185 e. The van der Waals surface area contributed by atoms with Crippen molar-refractivity contribution >= 4 is 36.9 Å². The predicted octanol–water partition coefficient (Wildman–Crippen LogP) is 4.06. The Morgan fingerprint density at radius 1 is 1.00 bits per heavy atom. The third kappa shape index (κ3) is 3.26. The summed E-state index contributed by atoms with van der Waals surface area (Å²) in [5.74, 6) is 1.04. The minimum Gasteiger partial charge on any atom is -0.497 e. The number of ether oxygens (including phenoxy) is 1. The average Bonchev–Trinajstić information content (AvgIpc) is 2.25.